The van der Waals surface area contributed by atoms with Gasteiger partial charge in [0.2, 0.25) is 0 Å². The number of hydrogen-bond acceptors (Lipinski definition) is 2. The molecule has 0 aromatic rings. The Hall–Kier alpha value is 0.989. The van der Waals surface area contributed by atoms with E-state index >= 15 is 0 Å². The molecule has 43 valence electrons. The molecule has 0 bridgehead atoms. The Balaban J connectivity index is -0.0000000800. The summed E-state index contributed by atoms with van der Waals surface area (Å²) in [5, 5.41) is 0. The number of ether oxygens (including phenoxy) is 1. The molecule has 0 saturated carbocycles. The Bertz CT molecular complexity index is 34.1. The predicted octanol–water partition coefficient (Wildman–Crippen LogP) is -0.472. The quantitative estimate of drug-likeness (QED) is 0.404. The minimum atomic E-state index is 0. The molecular weight excluding hydrogens is 155 g/mol. The third-order valence-corrected chi connectivity index (χ3v) is 0.235. The van der Waals surface area contributed by atoms with Gasteiger partial charge in [0, 0.05) is 17.1 Å². The van der Waals surface area contributed by atoms with Gasteiger partial charge in [0.05, 0.1) is 6.61 Å². The molecule has 0 amide bonds. The SMILES string of the molecule is CCOC=O.[Cu].[NaH]. The first-order valence-electron chi connectivity index (χ1n) is 1.47. The van der Waals surface area contributed by atoms with Crippen molar-refractivity contribution in [2.24, 2.45) is 0 Å². The van der Waals surface area contributed by atoms with E-state index in [1.165, 1.54) is 0 Å². The van der Waals surface area contributed by atoms with Gasteiger partial charge in [0.25, 0.3) is 6.47 Å². The number of carbonyl (C=O) groups is 1. The molecule has 7 heavy (non-hydrogen) atoms. The molecule has 0 fully saturated rings. The second-order valence-corrected chi connectivity index (χ2v) is 0.552. The van der Waals surface area contributed by atoms with Crippen LogP contribution in [0.4, 0.5) is 0 Å². The van der Waals surface area contributed by atoms with Crippen LogP contribution in [0.15, 0.2) is 0 Å². The van der Waals surface area contributed by atoms with Gasteiger partial charge in [-0.25, -0.2) is 0 Å². The summed E-state index contributed by atoms with van der Waals surface area (Å²) in [6.45, 7) is 2.66. The zero-order valence-corrected chi connectivity index (χ0v) is 4.34. The molecule has 0 aromatic heterocycles. The van der Waals surface area contributed by atoms with Crippen LogP contribution in [0.2, 0.25) is 0 Å². The third kappa shape index (κ3) is 19.5. The molecule has 0 atom stereocenters. The minimum absolute atomic E-state index is 0. The Morgan fingerprint density at radius 3 is 2.14 bits per heavy atom. The van der Waals surface area contributed by atoms with Crippen molar-refractivity contribution in [2.75, 3.05) is 6.61 Å². The van der Waals surface area contributed by atoms with Gasteiger partial charge in [0.1, 0.15) is 0 Å². The van der Waals surface area contributed by atoms with Crippen molar-refractivity contribution in [3.8, 4) is 0 Å². The van der Waals surface area contributed by atoms with Crippen LogP contribution in [0.25, 0.3) is 0 Å². The summed E-state index contributed by atoms with van der Waals surface area (Å²) < 4.78 is 4.15. The molecule has 0 unspecified atom stereocenters. The molecule has 0 N–H and O–H groups in total. The molecule has 2 nitrogen and oxygen atoms in total. The average Bonchev–Trinajstić information content (AvgIpc) is 1.41. The summed E-state index contributed by atoms with van der Waals surface area (Å²) in [5.74, 6) is 0. The van der Waals surface area contributed by atoms with Gasteiger partial charge in [-0.05, 0) is 6.92 Å². The van der Waals surface area contributed by atoms with E-state index in [1.54, 1.807) is 6.92 Å². The first kappa shape index (κ1) is 15.7. The van der Waals surface area contributed by atoms with Gasteiger partial charge in [-0.15, -0.1) is 0 Å². The van der Waals surface area contributed by atoms with Crippen LogP contribution >= 0.6 is 0 Å². The Morgan fingerprint density at radius 2 is 2.14 bits per heavy atom. The predicted molar refractivity (Wildman–Crippen MR) is 24.8 cm³/mol. The summed E-state index contributed by atoms with van der Waals surface area (Å²) >= 11 is 0. The topological polar surface area (TPSA) is 26.3 Å². The molecule has 0 aromatic carbocycles. The normalized spacial score (nSPS) is 4.71. The van der Waals surface area contributed by atoms with E-state index in [2.05, 4.69) is 4.74 Å². The Labute approximate surface area is 75.8 Å². The molecule has 0 heterocycles. The monoisotopic (exact) mass is 161 g/mol. The van der Waals surface area contributed by atoms with E-state index in [4.69, 9.17) is 0 Å². The third-order valence-electron chi connectivity index (χ3n) is 0.235. The van der Waals surface area contributed by atoms with Crippen LogP contribution in [-0.4, -0.2) is 42.6 Å². The summed E-state index contributed by atoms with van der Waals surface area (Å²) in [6.07, 6.45) is 0. The number of rotatable bonds is 2. The van der Waals surface area contributed by atoms with Crippen molar-refractivity contribution >= 4 is 36.0 Å². The summed E-state index contributed by atoms with van der Waals surface area (Å²) in [7, 11) is 0. The van der Waals surface area contributed by atoms with Crippen LogP contribution in [0, 0.1) is 0 Å². The fourth-order valence-electron chi connectivity index (χ4n) is 0.0680. The summed E-state index contributed by atoms with van der Waals surface area (Å²) in [5.41, 5.74) is 0. The second kappa shape index (κ2) is 15.8. The standard InChI is InChI=1S/C3H6O2.Cu.Na.H/c1-2-5-3-4;;;/h3H,2H2,1H3;;;. The van der Waals surface area contributed by atoms with Gasteiger partial charge in [-0.1, -0.05) is 0 Å². The van der Waals surface area contributed by atoms with Crippen LogP contribution in [-0.2, 0) is 26.6 Å². The Morgan fingerprint density at radius 1 is 1.71 bits per heavy atom. The maximum atomic E-state index is 9.18. The van der Waals surface area contributed by atoms with Crippen LogP contribution in [0.1, 0.15) is 6.92 Å². The van der Waals surface area contributed by atoms with Crippen LogP contribution < -0.4 is 0 Å². The van der Waals surface area contributed by atoms with E-state index in [0.29, 0.717) is 13.1 Å². The maximum absolute atomic E-state index is 9.18. The molecule has 0 rings (SSSR count). The van der Waals surface area contributed by atoms with Gasteiger partial charge in [-0.3, -0.25) is 4.79 Å². The Kier molecular flexibility index (Phi) is 35.3. The molecule has 0 aliphatic carbocycles. The molecule has 1 radical (unpaired) electrons. The van der Waals surface area contributed by atoms with Crippen molar-refractivity contribution in [1.29, 1.82) is 0 Å². The number of hydrogen-bond donors (Lipinski definition) is 0. The summed E-state index contributed by atoms with van der Waals surface area (Å²) in [6, 6.07) is 0. The van der Waals surface area contributed by atoms with Crippen LogP contribution in [0.5, 0.6) is 0 Å². The van der Waals surface area contributed by atoms with Gasteiger partial charge >= 0.3 is 29.6 Å². The number of carbonyl (C=O) groups excluding carboxylic acids is 1. The first-order chi connectivity index (χ1) is 2.41. The van der Waals surface area contributed by atoms with Crippen molar-refractivity contribution in [2.45, 2.75) is 6.92 Å². The van der Waals surface area contributed by atoms with E-state index in [9.17, 15) is 4.79 Å². The van der Waals surface area contributed by atoms with E-state index in [1.807, 2.05) is 0 Å². The zero-order chi connectivity index (χ0) is 4.12. The van der Waals surface area contributed by atoms with Crippen molar-refractivity contribution in [1.82, 2.24) is 0 Å². The van der Waals surface area contributed by atoms with E-state index < -0.39 is 0 Å². The molecular formula is C3H7CuNaO2. The van der Waals surface area contributed by atoms with Crippen molar-refractivity contribution < 1.29 is 26.6 Å². The van der Waals surface area contributed by atoms with Crippen molar-refractivity contribution in [3.63, 3.8) is 0 Å². The fourth-order valence-corrected chi connectivity index (χ4v) is 0.0680. The van der Waals surface area contributed by atoms with E-state index in [0.717, 1.165) is 0 Å². The molecule has 0 spiro atoms. The van der Waals surface area contributed by atoms with Gasteiger partial charge < -0.3 is 4.74 Å². The molecule has 0 saturated heterocycles. The fraction of sp³-hybridized carbons (Fsp3) is 0.667. The second-order valence-electron chi connectivity index (χ2n) is 0.552. The molecule has 4 heteroatoms. The van der Waals surface area contributed by atoms with E-state index in [-0.39, 0.29) is 46.6 Å². The van der Waals surface area contributed by atoms with Crippen LogP contribution in [0.3, 0.4) is 0 Å². The average molecular weight is 162 g/mol. The zero-order valence-electron chi connectivity index (χ0n) is 3.40. The van der Waals surface area contributed by atoms with Gasteiger partial charge in [-0.2, -0.15) is 0 Å². The van der Waals surface area contributed by atoms with Crippen molar-refractivity contribution in [3.05, 3.63) is 0 Å². The van der Waals surface area contributed by atoms with Gasteiger partial charge in [0.15, 0.2) is 0 Å². The molecule has 0 aliphatic heterocycles. The molecule has 0 aliphatic rings. The first-order valence-corrected chi connectivity index (χ1v) is 1.47. The summed E-state index contributed by atoms with van der Waals surface area (Å²) in [4.78, 5) is 9.18.